The van der Waals surface area contributed by atoms with Gasteiger partial charge in [-0.3, -0.25) is 4.79 Å². The second-order valence-corrected chi connectivity index (χ2v) is 7.01. The number of fused-ring (bicyclic) bond motifs is 1. The summed E-state index contributed by atoms with van der Waals surface area (Å²) >= 11 is 9.33. The van der Waals surface area contributed by atoms with E-state index in [9.17, 15) is 4.79 Å². The van der Waals surface area contributed by atoms with E-state index in [1.54, 1.807) is 12.1 Å². The van der Waals surface area contributed by atoms with Gasteiger partial charge < -0.3 is 10.6 Å². The van der Waals surface area contributed by atoms with Gasteiger partial charge in [0.25, 0.3) is 0 Å². The largest absolute Gasteiger partial charge is 0.324 e. The molecule has 20 heavy (non-hydrogen) atoms. The van der Waals surface area contributed by atoms with Gasteiger partial charge in [0.15, 0.2) is 0 Å². The molecule has 3 unspecified atom stereocenters. The molecule has 3 atom stereocenters. The molecule has 108 valence electrons. The molecule has 0 spiro atoms. The highest BCUT2D eigenvalue weighted by atomic mass is 79.9. The van der Waals surface area contributed by atoms with Crippen molar-refractivity contribution in [2.45, 2.75) is 44.2 Å². The minimum atomic E-state index is -0.0642. The number of benzene rings is 1. The van der Waals surface area contributed by atoms with Crippen LogP contribution in [0.4, 0.5) is 5.69 Å². The Kier molecular flexibility index (Phi) is 4.34. The number of anilines is 1. The van der Waals surface area contributed by atoms with Gasteiger partial charge in [0.2, 0.25) is 5.91 Å². The van der Waals surface area contributed by atoms with Crippen LogP contribution in [0.5, 0.6) is 0 Å². The lowest BCUT2D eigenvalue weighted by molar-refractivity contribution is -0.117. The quantitative estimate of drug-likeness (QED) is 0.841. The van der Waals surface area contributed by atoms with Crippen LogP contribution in [0.3, 0.4) is 0 Å². The molecule has 1 aliphatic heterocycles. The lowest BCUT2D eigenvalue weighted by atomic mass is 9.85. The smallest absolute Gasteiger partial charge is 0.241 e. The molecule has 2 aliphatic rings. The number of nitrogens with one attached hydrogen (secondary N) is 2. The molecular weight excluding hydrogens is 340 g/mol. The Morgan fingerprint density at radius 3 is 2.90 bits per heavy atom. The van der Waals surface area contributed by atoms with Crippen LogP contribution in [0.1, 0.15) is 32.1 Å². The van der Waals surface area contributed by atoms with E-state index in [0.717, 1.165) is 16.6 Å². The van der Waals surface area contributed by atoms with E-state index >= 15 is 0 Å². The van der Waals surface area contributed by atoms with Crippen molar-refractivity contribution in [2.75, 3.05) is 5.32 Å². The van der Waals surface area contributed by atoms with Crippen molar-refractivity contribution in [1.82, 2.24) is 5.32 Å². The third kappa shape index (κ3) is 3.02. The van der Waals surface area contributed by atoms with E-state index in [1.807, 2.05) is 6.07 Å². The molecule has 1 aromatic rings. The van der Waals surface area contributed by atoms with E-state index in [0.29, 0.717) is 17.0 Å². The number of carbonyl (C=O) groups is 1. The van der Waals surface area contributed by atoms with Gasteiger partial charge in [0.05, 0.1) is 11.7 Å². The Balaban J connectivity index is 1.65. The predicted octanol–water partition coefficient (Wildman–Crippen LogP) is 3.96. The minimum Gasteiger partial charge on any atom is -0.324 e. The fourth-order valence-electron chi connectivity index (χ4n) is 3.33. The van der Waals surface area contributed by atoms with Gasteiger partial charge >= 0.3 is 0 Å². The highest BCUT2D eigenvalue weighted by Gasteiger charge is 2.38. The summed E-state index contributed by atoms with van der Waals surface area (Å²) in [6.45, 7) is 0. The maximum Gasteiger partial charge on any atom is 0.241 e. The lowest BCUT2D eigenvalue weighted by Crippen LogP contribution is -2.39. The fourth-order valence-corrected chi connectivity index (χ4v) is 4.11. The average Bonchev–Trinajstić information content (AvgIpc) is 2.86. The fraction of sp³-hybridized carbons (Fsp3) is 0.533. The van der Waals surface area contributed by atoms with Gasteiger partial charge in [0, 0.05) is 15.5 Å². The number of amides is 1. The molecule has 3 nitrogen and oxygen atoms in total. The summed E-state index contributed by atoms with van der Waals surface area (Å²) < 4.78 is 0.814. The van der Waals surface area contributed by atoms with Crippen LogP contribution >= 0.6 is 27.5 Å². The molecule has 0 radical (unpaired) electrons. The number of hydrogen-bond donors (Lipinski definition) is 2. The number of rotatable bonds is 2. The number of hydrogen-bond acceptors (Lipinski definition) is 2. The topological polar surface area (TPSA) is 41.1 Å². The van der Waals surface area contributed by atoms with Crippen LogP contribution in [0.25, 0.3) is 0 Å². The first-order valence-corrected chi connectivity index (χ1v) is 8.32. The third-order valence-electron chi connectivity index (χ3n) is 4.37. The maximum absolute atomic E-state index is 12.4. The highest BCUT2D eigenvalue weighted by molar-refractivity contribution is 9.10. The summed E-state index contributed by atoms with van der Waals surface area (Å²) in [4.78, 5) is 12.4. The molecule has 1 heterocycles. The molecule has 0 bridgehead atoms. The summed E-state index contributed by atoms with van der Waals surface area (Å²) in [7, 11) is 0. The van der Waals surface area contributed by atoms with Crippen LogP contribution in [0, 0.1) is 5.92 Å². The van der Waals surface area contributed by atoms with Gasteiger partial charge in [-0.2, -0.15) is 0 Å². The van der Waals surface area contributed by atoms with E-state index in [1.165, 1.54) is 25.7 Å². The molecule has 1 saturated heterocycles. The first-order valence-electron chi connectivity index (χ1n) is 7.15. The third-order valence-corrected chi connectivity index (χ3v) is 5.26. The van der Waals surface area contributed by atoms with Crippen molar-refractivity contribution in [3.05, 3.63) is 27.7 Å². The summed E-state index contributed by atoms with van der Waals surface area (Å²) in [6.07, 6.45) is 6.01. The van der Waals surface area contributed by atoms with Gasteiger partial charge in [-0.05, 0) is 59.3 Å². The molecular formula is C15H18BrClN2O. The Bertz CT molecular complexity index is 509. The van der Waals surface area contributed by atoms with Gasteiger partial charge in [-0.15, -0.1) is 0 Å². The molecule has 1 amide bonds. The highest BCUT2D eigenvalue weighted by Crippen LogP contribution is 2.34. The van der Waals surface area contributed by atoms with E-state index in [-0.39, 0.29) is 11.9 Å². The Labute approximate surface area is 132 Å². The van der Waals surface area contributed by atoms with Gasteiger partial charge in [-0.1, -0.05) is 24.4 Å². The lowest BCUT2D eigenvalue weighted by Gasteiger charge is -2.24. The van der Waals surface area contributed by atoms with Crippen molar-refractivity contribution < 1.29 is 4.79 Å². The van der Waals surface area contributed by atoms with Crippen LogP contribution < -0.4 is 10.6 Å². The maximum atomic E-state index is 12.4. The molecule has 2 N–H and O–H groups in total. The van der Waals surface area contributed by atoms with E-state index in [2.05, 4.69) is 26.6 Å². The Morgan fingerprint density at radius 1 is 1.35 bits per heavy atom. The summed E-state index contributed by atoms with van der Waals surface area (Å²) in [5.41, 5.74) is 0.774. The monoisotopic (exact) mass is 356 g/mol. The zero-order valence-electron chi connectivity index (χ0n) is 11.2. The SMILES string of the molecule is O=C(Nc1ccc(Cl)cc1Br)C1CC2CCCCC2N1. The second kappa shape index (κ2) is 6.04. The van der Waals surface area contributed by atoms with Crippen molar-refractivity contribution >= 4 is 39.1 Å². The van der Waals surface area contributed by atoms with Gasteiger partial charge in [-0.25, -0.2) is 0 Å². The normalized spacial score (nSPS) is 29.0. The molecule has 1 aliphatic carbocycles. The molecule has 1 aromatic carbocycles. The molecule has 3 rings (SSSR count). The average molecular weight is 358 g/mol. The van der Waals surface area contributed by atoms with Gasteiger partial charge in [0.1, 0.15) is 0 Å². The first kappa shape index (κ1) is 14.4. The van der Waals surface area contributed by atoms with Crippen molar-refractivity contribution in [1.29, 1.82) is 0 Å². The zero-order chi connectivity index (χ0) is 14.1. The second-order valence-electron chi connectivity index (χ2n) is 5.72. The Hall–Kier alpha value is -0.580. The summed E-state index contributed by atoms with van der Waals surface area (Å²) in [5, 5.41) is 7.13. The van der Waals surface area contributed by atoms with Crippen LogP contribution in [0.2, 0.25) is 5.02 Å². The van der Waals surface area contributed by atoms with Crippen molar-refractivity contribution in [2.24, 2.45) is 5.92 Å². The predicted molar refractivity (Wildman–Crippen MR) is 85.1 cm³/mol. The van der Waals surface area contributed by atoms with E-state index < -0.39 is 0 Å². The zero-order valence-corrected chi connectivity index (χ0v) is 13.5. The minimum absolute atomic E-state index is 0.0578. The first-order chi connectivity index (χ1) is 9.63. The molecule has 5 heteroatoms. The van der Waals surface area contributed by atoms with E-state index in [4.69, 9.17) is 11.6 Å². The standard InChI is InChI=1S/C15H18BrClN2O/c16-11-8-10(17)5-6-13(11)19-15(20)14-7-9-3-1-2-4-12(9)18-14/h5-6,8-9,12,14,18H,1-4,7H2,(H,19,20). The van der Waals surface area contributed by atoms with Crippen molar-refractivity contribution in [3.63, 3.8) is 0 Å². The summed E-state index contributed by atoms with van der Waals surface area (Å²) in [6, 6.07) is 5.87. The Morgan fingerprint density at radius 2 is 2.15 bits per heavy atom. The van der Waals surface area contributed by atoms with Crippen LogP contribution in [0.15, 0.2) is 22.7 Å². The molecule has 2 fully saturated rings. The van der Waals surface area contributed by atoms with Crippen LogP contribution in [-0.2, 0) is 4.79 Å². The molecule has 1 saturated carbocycles. The summed E-state index contributed by atoms with van der Waals surface area (Å²) in [5.74, 6) is 0.732. The number of carbonyl (C=O) groups excluding carboxylic acids is 1. The van der Waals surface area contributed by atoms with Crippen molar-refractivity contribution in [3.8, 4) is 0 Å². The molecule has 0 aromatic heterocycles. The van der Waals surface area contributed by atoms with Crippen LogP contribution in [-0.4, -0.2) is 18.0 Å². The number of halogens is 2.